The number of nitrogens with one attached hydrogen (secondary N) is 2. The predicted molar refractivity (Wildman–Crippen MR) is 102 cm³/mol. The molecule has 0 aliphatic carbocycles. The monoisotopic (exact) mass is 386 g/mol. The van der Waals surface area contributed by atoms with Crippen LogP contribution in [0.15, 0.2) is 47.1 Å². The van der Waals surface area contributed by atoms with Gasteiger partial charge in [0.25, 0.3) is 5.69 Å². The minimum atomic E-state index is -0.393. The number of amides is 2. The number of rotatable bonds is 7. The van der Waals surface area contributed by atoms with E-state index in [4.69, 9.17) is 4.42 Å². The Morgan fingerprint density at radius 3 is 2.57 bits per heavy atom. The number of hydrogen-bond acceptors (Lipinski definition) is 6. The lowest BCUT2D eigenvalue weighted by molar-refractivity contribution is -0.384. The molecule has 1 aliphatic rings. The van der Waals surface area contributed by atoms with E-state index in [1.807, 2.05) is 4.90 Å². The van der Waals surface area contributed by atoms with Crippen molar-refractivity contribution in [2.75, 3.05) is 24.5 Å². The first-order valence-electron chi connectivity index (χ1n) is 9.09. The zero-order valence-electron chi connectivity index (χ0n) is 15.3. The molecule has 1 aromatic heterocycles. The van der Waals surface area contributed by atoms with Crippen molar-refractivity contribution in [3.63, 3.8) is 0 Å². The van der Waals surface area contributed by atoms with E-state index >= 15 is 0 Å². The largest absolute Gasteiger partial charge is 0.467 e. The van der Waals surface area contributed by atoms with Gasteiger partial charge in [-0.3, -0.25) is 19.7 Å². The fourth-order valence-corrected chi connectivity index (χ4v) is 3.24. The normalized spacial score (nSPS) is 14.5. The van der Waals surface area contributed by atoms with Crippen molar-refractivity contribution in [3.05, 3.63) is 58.5 Å². The standard InChI is InChI=1S/C19H22N4O5/c24-18(20-12-15-4-3-11-28-15)13-21-19(25)14-7-9-22(10-8-14)16-5-1-2-6-17(16)23(26)27/h1-6,11,14H,7-10,12-13H2,(H,20,24)(H,21,25). The molecule has 1 saturated heterocycles. The van der Waals surface area contributed by atoms with Crippen LogP contribution in [0.4, 0.5) is 11.4 Å². The number of nitro benzene ring substituents is 1. The molecule has 0 bridgehead atoms. The quantitative estimate of drug-likeness (QED) is 0.554. The number of carbonyl (C=O) groups is 2. The molecule has 2 N–H and O–H groups in total. The summed E-state index contributed by atoms with van der Waals surface area (Å²) in [6, 6.07) is 10.1. The molecule has 1 aromatic carbocycles. The van der Waals surface area contributed by atoms with Crippen molar-refractivity contribution < 1.29 is 18.9 Å². The average Bonchev–Trinajstić information content (AvgIpc) is 3.24. The minimum Gasteiger partial charge on any atom is -0.467 e. The summed E-state index contributed by atoms with van der Waals surface area (Å²) in [6.45, 7) is 1.28. The molecule has 0 atom stereocenters. The van der Waals surface area contributed by atoms with Gasteiger partial charge in [0.2, 0.25) is 11.8 Å². The minimum absolute atomic E-state index is 0.0682. The van der Waals surface area contributed by atoms with E-state index in [1.54, 1.807) is 30.3 Å². The molecular formula is C19H22N4O5. The highest BCUT2D eigenvalue weighted by Gasteiger charge is 2.28. The molecular weight excluding hydrogens is 364 g/mol. The van der Waals surface area contributed by atoms with Gasteiger partial charge >= 0.3 is 0 Å². The fraction of sp³-hybridized carbons (Fsp3) is 0.368. The summed E-state index contributed by atoms with van der Waals surface area (Å²) in [5.74, 6) is -0.0311. The highest BCUT2D eigenvalue weighted by Crippen LogP contribution is 2.31. The van der Waals surface area contributed by atoms with Crippen LogP contribution < -0.4 is 15.5 Å². The number of benzene rings is 1. The summed E-state index contributed by atoms with van der Waals surface area (Å²) in [4.78, 5) is 36.9. The number of nitrogens with zero attached hydrogens (tertiary/aromatic N) is 2. The van der Waals surface area contributed by atoms with Gasteiger partial charge in [-0.25, -0.2) is 0 Å². The second-order valence-electron chi connectivity index (χ2n) is 6.58. The molecule has 2 aromatic rings. The summed E-state index contributed by atoms with van der Waals surface area (Å²) < 4.78 is 5.13. The van der Waals surface area contributed by atoms with E-state index in [0.717, 1.165) is 0 Å². The van der Waals surface area contributed by atoms with Gasteiger partial charge in [-0.1, -0.05) is 12.1 Å². The lowest BCUT2D eigenvalue weighted by Gasteiger charge is -2.32. The third kappa shape index (κ3) is 4.87. The second kappa shape index (κ2) is 9.03. The zero-order chi connectivity index (χ0) is 19.9. The number of anilines is 1. The van der Waals surface area contributed by atoms with Crippen molar-refractivity contribution in [2.24, 2.45) is 5.92 Å². The predicted octanol–water partition coefficient (Wildman–Crippen LogP) is 1.84. The number of nitro groups is 1. The van der Waals surface area contributed by atoms with Gasteiger partial charge in [0.15, 0.2) is 0 Å². The molecule has 0 spiro atoms. The topological polar surface area (TPSA) is 118 Å². The number of piperidine rings is 1. The summed E-state index contributed by atoms with van der Waals surface area (Å²) >= 11 is 0. The number of para-hydroxylation sites is 2. The number of furan rings is 1. The summed E-state index contributed by atoms with van der Waals surface area (Å²) in [5.41, 5.74) is 0.641. The first kappa shape index (κ1) is 19.4. The number of hydrogen-bond donors (Lipinski definition) is 2. The van der Waals surface area contributed by atoms with E-state index < -0.39 is 4.92 Å². The Morgan fingerprint density at radius 1 is 1.14 bits per heavy atom. The van der Waals surface area contributed by atoms with Crippen molar-refractivity contribution in [1.29, 1.82) is 0 Å². The van der Waals surface area contributed by atoms with E-state index in [0.29, 0.717) is 37.4 Å². The highest BCUT2D eigenvalue weighted by atomic mass is 16.6. The van der Waals surface area contributed by atoms with E-state index in [2.05, 4.69) is 10.6 Å². The molecule has 2 amide bonds. The van der Waals surface area contributed by atoms with Crippen molar-refractivity contribution in [1.82, 2.24) is 10.6 Å². The fourth-order valence-electron chi connectivity index (χ4n) is 3.24. The lowest BCUT2D eigenvalue weighted by atomic mass is 9.95. The molecule has 3 rings (SSSR count). The van der Waals surface area contributed by atoms with Crippen LogP contribution in [0.1, 0.15) is 18.6 Å². The van der Waals surface area contributed by atoms with Crippen LogP contribution in [-0.2, 0) is 16.1 Å². The molecule has 148 valence electrons. The van der Waals surface area contributed by atoms with Gasteiger partial charge in [0, 0.05) is 25.1 Å². The van der Waals surface area contributed by atoms with Crippen molar-refractivity contribution in [3.8, 4) is 0 Å². The van der Waals surface area contributed by atoms with E-state index in [9.17, 15) is 19.7 Å². The molecule has 1 fully saturated rings. The molecule has 0 saturated carbocycles. The summed E-state index contributed by atoms with van der Waals surface area (Å²) in [5, 5.41) is 16.5. The summed E-state index contributed by atoms with van der Waals surface area (Å²) in [6.07, 6.45) is 2.68. The van der Waals surface area contributed by atoms with Crippen LogP contribution in [-0.4, -0.2) is 36.4 Å². The Morgan fingerprint density at radius 2 is 1.89 bits per heavy atom. The molecule has 9 nitrogen and oxygen atoms in total. The highest BCUT2D eigenvalue weighted by molar-refractivity contribution is 5.86. The first-order chi connectivity index (χ1) is 13.5. The van der Waals surface area contributed by atoms with Gasteiger partial charge < -0.3 is 20.0 Å². The number of carbonyl (C=O) groups excluding carboxylic acids is 2. The maximum atomic E-state index is 12.3. The SMILES string of the molecule is O=C(CNC(=O)C1CCN(c2ccccc2[N+](=O)[O-])CC1)NCc1ccco1. The molecule has 0 radical (unpaired) electrons. The van der Waals surface area contributed by atoms with Crippen LogP contribution in [0, 0.1) is 16.0 Å². The average molecular weight is 386 g/mol. The molecule has 0 unspecified atom stereocenters. The summed E-state index contributed by atoms with van der Waals surface area (Å²) in [7, 11) is 0. The Balaban J connectivity index is 1.44. The Kier molecular flexibility index (Phi) is 6.25. The first-order valence-corrected chi connectivity index (χ1v) is 9.09. The molecule has 28 heavy (non-hydrogen) atoms. The van der Waals surface area contributed by atoms with Gasteiger partial charge in [-0.15, -0.1) is 0 Å². The maximum Gasteiger partial charge on any atom is 0.292 e. The van der Waals surface area contributed by atoms with Crippen molar-refractivity contribution >= 4 is 23.2 Å². The third-order valence-electron chi connectivity index (χ3n) is 4.75. The molecule has 2 heterocycles. The van der Waals surface area contributed by atoms with E-state index in [-0.39, 0.29) is 36.5 Å². The molecule has 9 heteroatoms. The van der Waals surface area contributed by atoms with Gasteiger partial charge in [-0.2, -0.15) is 0 Å². The smallest absolute Gasteiger partial charge is 0.292 e. The van der Waals surface area contributed by atoms with E-state index in [1.165, 1.54) is 12.3 Å². The van der Waals surface area contributed by atoms with Crippen molar-refractivity contribution in [2.45, 2.75) is 19.4 Å². The Labute approximate surface area is 161 Å². The van der Waals surface area contributed by atoms with Gasteiger partial charge in [-0.05, 0) is 31.0 Å². The third-order valence-corrected chi connectivity index (χ3v) is 4.75. The molecule has 1 aliphatic heterocycles. The van der Waals surface area contributed by atoms with Crippen LogP contribution in [0.3, 0.4) is 0 Å². The van der Waals surface area contributed by atoms with Crippen LogP contribution in [0.5, 0.6) is 0 Å². The lowest BCUT2D eigenvalue weighted by Crippen LogP contribution is -2.43. The Bertz CT molecular complexity index is 829. The second-order valence-corrected chi connectivity index (χ2v) is 6.58. The van der Waals surface area contributed by atoms with Crippen LogP contribution in [0.2, 0.25) is 0 Å². The van der Waals surface area contributed by atoms with Crippen LogP contribution >= 0.6 is 0 Å². The zero-order valence-corrected chi connectivity index (χ0v) is 15.3. The van der Waals surface area contributed by atoms with Crippen LogP contribution in [0.25, 0.3) is 0 Å². The maximum absolute atomic E-state index is 12.3. The Hall–Kier alpha value is -3.36. The van der Waals surface area contributed by atoms with Gasteiger partial charge in [0.1, 0.15) is 11.4 Å². The van der Waals surface area contributed by atoms with Gasteiger partial charge in [0.05, 0.1) is 24.3 Å².